The van der Waals surface area contributed by atoms with E-state index in [-0.39, 0.29) is 4.90 Å². The zero-order valence-corrected chi connectivity index (χ0v) is 10.0. The van der Waals surface area contributed by atoms with Crippen molar-refractivity contribution in [1.29, 1.82) is 0 Å². The van der Waals surface area contributed by atoms with Gasteiger partial charge in [0.05, 0.1) is 17.4 Å². The smallest absolute Gasteiger partial charge is 0.282 e. The van der Waals surface area contributed by atoms with E-state index in [0.717, 1.165) is 5.56 Å². The predicted molar refractivity (Wildman–Crippen MR) is 64.7 cm³/mol. The molecule has 1 aromatic carbocycles. The molecule has 0 saturated heterocycles. The first-order valence-corrected chi connectivity index (χ1v) is 6.42. The number of rotatable bonds is 3. The quantitative estimate of drug-likeness (QED) is 0.785. The third kappa shape index (κ3) is 2.82. The minimum atomic E-state index is -3.64. The highest BCUT2D eigenvalue weighted by atomic mass is 32.2. The highest BCUT2D eigenvalue weighted by molar-refractivity contribution is 7.90. The van der Waals surface area contributed by atoms with Gasteiger partial charge in [-0.3, -0.25) is 0 Å². The number of benzene rings is 1. The number of nitrogens with zero attached hydrogens (tertiary/aromatic N) is 1. The Morgan fingerprint density at radius 1 is 1.18 bits per heavy atom. The highest BCUT2D eigenvalue weighted by Gasteiger charge is 2.10. The Hall–Kier alpha value is -1.88. The number of hydrogen-bond acceptors (Lipinski definition) is 3. The van der Waals surface area contributed by atoms with E-state index in [4.69, 9.17) is 4.42 Å². The van der Waals surface area contributed by atoms with Gasteiger partial charge in [0.25, 0.3) is 10.0 Å². The average Bonchev–Trinajstić information content (AvgIpc) is 2.80. The molecule has 0 amide bonds. The Bertz CT molecular complexity index is 610. The van der Waals surface area contributed by atoms with Gasteiger partial charge in [0, 0.05) is 0 Å². The second-order valence-electron chi connectivity index (χ2n) is 3.54. The fraction of sp³-hybridized carbons (Fsp3) is 0.0833. The molecule has 0 N–H and O–H groups in total. The van der Waals surface area contributed by atoms with Gasteiger partial charge in [-0.05, 0) is 31.2 Å². The van der Waals surface area contributed by atoms with Crippen LogP contribution >= 0.6 is 0 Å². The maximum atomic E-state index is 11.8. The molecule has 0 radical (unpaired) electrons. The van der Waals surface area contributed by atoms with Crippen LogP contribution < -0.4 is 0 Å². The first-order chi connectivity index (χ1) is 8.08. The van der Waals surface area contributed by atoms with Crippen LogP contribution in [0, 0.1) is 6.92 Å². The molecule has 1 aromatic heterocycles. The molecule has 17 heavy (non-hydrogen) atoms. The Balaban J connectivity index is 2.28. The number of hydrogen-bond donors (Lipinski definition) is 0. The van der Waals surface area contributed by atoms with Gasteiger partial charge in [-0.15, -0.1) is 0 Å². The predicted octanol–water partition coefficient (Wildman–Crippen LogP) is 2.40. The van der Waals surface area contributed by atoms with Gasteiger partial charge in [-0.25, -0.2) is 0 Å². The fourth-order valence-corrected chi connectivity index (χ4v) is 2.10. The van der Waals surface area contributed by atoms with Crippen LogP contribution in [0.4, 0.5) is 0 Å². The van der Waals surface area contributed by atoms with E-state index in [0.29, 0.717) is 5.76 Å². The molecule has 5 heteroatoms. The van der Waals surface area contributed by atoms with Gasteiger partial charge >= 0.3 is 0 Å². The summed E-state index contributed by atoms with van der Waals surface area (Å²) in [6.45, 7) is 1.89. The molecular formula is C12H11NO3S. The van der Waals surface area contributed by atoms with Crippen molar-refractivity contribution in [3.8, 4) is 0 Å². The van der Waals surface area contributed by atoms with E-state index in [1.54, 1.807) is 24.3 Å². The maximum Gasteiger partial charge on any atom is 0.282 e. The normalized spacial score (nSPS) is 12.1. The Morgan fingerprint density at radius 3 is 2.47 bits per heavy atom. The third-order valence-electron chi connectivity index (χ3n) is 2.18. The van der Waals surface area contributed by atoms with Crippen LogP contribution in [0.3, 0.4) is 0 Å². The van der Waals surface area contributed by atoms with Gasteiger partial charge in [-0.1, -0.05) is 17.7 Å². The minimum absolute atomic E-state index is 0.172. The molecule has 0 spiro atoms. The molecule has 0 aliphatic rings. The van der Waals surface area contributed by atoms with E-state index in [2.05, 4.69) is 4.40 Å². The van der Waals surface area contributed by atoms with Crippen molar-refractivity contribution in [2.75, 3.05) is 0 Å². The van der Waals surface area contributed by atoms with Crippen LogP contribution in [0.2, 0.25) is 0 Å². The summed E-state index contributed by atoms with van der Waals surface area (Å²) in [5, 5.41) is 0. The van der Waals surface area contributed by atoms with Crippen molar-refractivity contribution < 1.29 is 12.8 Å². The van der Waals surface area contributed by atoms with Crippen molar-refractivity contribution in [1.82, 2.24) is 0 Å². The van der Waals surface area contributed by atoms with Gasteiger partial charge in [-0.2, -0.15) is 12.8 Å². The van der Waals surface area contributed by atoms with Gasteiger partial charge in [0.15, 0.2) is 0 Å². The lowest BCUT2D eigenvalue weighted by Crippen LogP contribution is -1.97. The molecule has 88 valence electrons. The largest absolute Gasteiger partial charge is 0.463 e. The molecule has 0 saturated carbocycles. The molecule has 2 aromatic rings. The first kappa shape index (κ1) is 11.6. The summed E-state index contributed by atoms with van der Waals surface area (Å²) < 4.78 is 32.1. The molecule has 2 rings (SSSR count). The Morgan fingerprint density at radius 2 is 1.88 bits per heavy atom. The summed E-state index contributed by atoms with van der Waals surface area (Å²) in [5.74, 6) is 0.403. The van der Waals surface area contributed by atoms with Crippen LogP contribution in [-0.4, -0.2) is 14.6 Å². The third-order valence-corrected chi connectivity index (χ3v) is 3.43. The van der Waals surface area contributed by atoms with E-state index in [1.807, 2.05) is 6.92 Å². The topological polar surface area (TPSA) is 59.6 Å². The molecule has 0 bridgehead atoms. The van der Waals surface area contributed by atoms with Crippen LogP contribution in [0.5, 0.6) is 0 Å². The van der Waals surface area contributed by atoms with Crippen LogP contribution in [0.1, 0.15) is 11.3 Å². The molecule has 0 aliphatic heterocycles. The lowest BCUT2D eigenvalue weighted by molar-refractivity contribution is 0.560. The van der Waals surface area contributed by atoms with Crippen LogP contribution in [-0.2, 0) is 10.0 Å². The monoisotopic (exact) mass is 249 g/mol. The van der Waals surface area contributed by atoms with Gasteiger partial charge in [0.2, 0.25) is 0 Å². The summed E-state index contributed by atoms with van der Waals surface area (Å²) in [4.78, 5) is 0.172. The summed E-state index contributed by atoms with van der Waals surface area (Å²) >= 11 is 0. The zero-order valence-electron chi connectivity index (χ0n) is 9.20. The molecule has 0 aliphatic carbocycles. The molecule has 0 fully saturated rings. The second kappa shape index (κ2) is 4.55. The van der Waals surface area contributed by atoms with Crippen molar-refractivity contribution >= 4 is 16.2 Å². The van der Waals surface area contributed by atoms with E-state index in [1.165, 1.54) is 24.6 Å². The van der Waals surface area contributed by atoms with Crippen molar-refractivity contribution in [2.24, 2.45) is 4.40 Å². The Labute approximate surface area is 99.7 Å². The molecule has 0 unspecified atom stereocenters. The van der Waals surface area contributed by atoms with Crippen molar-refractivity contribution in [3.63, 3.8) is 0 Å². The summed E-state index contributed by atoms with van der Waals surface area (Å²) in [6, 6.07) is 9.83. The summed E-state index contributed by atoms with van der Waals surface area (Å²) in [6.07, 6.45) is 2.65. The number of furan rings is 1. The van der Waals surface area contributed by atoms with E-state index in [9.17, 15) is 8.42 Å². The lowest BCUT2D eigenvalue weighted by atomic mass is 10.2. The molecule has 1 heterocycles. The average molecular weight is 249 g/mol. The standard InChI is InChI=1S/C12H11NO3S/c1-10-4-6-12(7-5-10)17(14,15)13-9-11-3-2-8-16-11/h2-9H,1H3. The maximum absolute atomic E-state index is 11.8. The molecule has 4 nitrogen and oxygen atoms in total. The molecule has 0 atom stereocenters. The fourth-order valence-electron chi connectivity index (χ4n) is 1.26. The van der Waals surface area contributed by atoms with E-state index >= 15 is 0 Å². The van der Waals surface area contributed by atoms with E-state index < -0.39 is 10.0 Å². The summed E-state index contributed by atoms with van der Waals surface area (Å²) in [7, 11) is -3.64. The second-order valence-corrected chi connectivity index (χ2v) is 5.17. The van der Waals surface area contributed by atoms with Crippen LogP contribution in [0.15, 0.2) is 56.4 Å². The SMILES string of the molecule is Cc1ccc(S(=O)(=O)N=Cc2ccco2)cc1. The Kier molecular flexibility index (Phi) is 3.10. The number of sulfonamides is 1. The highest BCUT2D eigenvalue weighted by Crippen LogP contribution is 2.13. The van der Waals surface area contributed by atoms with Gasteiger partial charge in [0.1, 0.15) is 5.76 Å². The minimum Gasteiger partial charge on any atom is -0.463 e. The van der Waals surface area contributed by atoms with Crippen LogP contribution in [0.25, 0.3) is 0 Å². The van der Waals surface area contributed by atoms with Crippen molar-refractivity contribution in [3.05, 3.63) is 54.0 Å². The lowest BCUT2D eigenvalue weighted by Gasteiger charge is -1.98. The molecular weight excluding hydrogens is 238 g/mol. The first-order valence-electron chi connectivity index (χ1n) is 4.98. The number of aryl methyl sites for hydroxylation is 1. The van der Waals surface area contributed by atoms with Crippen molar-refractivity contribution in [2.45, 2.75) is 11.8 Å². The van der Waals surface area contributed by atoms with Gasteiger partial charge < -0.3 is 4.42 Å². The summed E-state index contributed by atoms with van der Waals surface area (Å²) in [5.41, 5.74) is 0.999. The zero-order chi connectivity index (χ0) is 12.3.